The molecule has 0 bridgehead atoms. The number of carboxylic acid groups (broad SMARTS) is 1. The van der Waals surface area contributed by atoms with Crippen molar-refractivity contribution in [3.05, 3.63) is 23.8 Å². The summed E-state index contributed by atoms with van der Waals surface area (Å²) in [5.74, 6) is 0.652. The van der Waals surface area contributed by atoms with Crippen LogP contribution in [0.3, 0.4) is 0 Å². The monoisotopic (exact) mass is 267 g/mol. The molecule has 0 saturated heterocycles. The predicted molar refractivity (Wildman–Crippen MR) is 72.6 cm³/mol. The quantitative estimate of drug-likeness (QED) is 0.706. The number of aliphatic carboxylic acids is 1. The summed E-state index contributed by atoms with van der Waals surface area (Å²) in [5.41, 5.74) is 7.03. The second-order valence-corrected chi connectivity index (χ2v) is 4.35. The average molecular weight is 267 g/mol. The van der Waals surface area contributed by atoms with Crippen molar-refractivity contribution in [1.82, 2.24) is 0 Å². The molecule has 5 nitrogen and oxygen atoms in total. The predicted octanol–water partition coefficient (Wildman–Crippen LogP) is 2.35. The van der Waals surface area contributed by atoms with E-state index in [0.29, 0.717) is 12.2 Å². The molecule has 3 N–H and O–H groups in total. The van der Waals surface area contributed by atoms with Crippen LogP contribution in [0.4, 0.5) is 0 Å². The Morgan fingerprint density at radius 3 is 2.63 bits per heavy atom. The Morgan fingerprint density at radius 2 is 2.05 bits per heavy atom. The van der Waals surface area contributed by atoms with Crippen molar-refractivity contribution in [1.29, 1.82) is 0 Å². The maximum absolute atomic E-state index is 10.4. The molecular formula is C14H21NO4. The van der Waals surface area contributed by atoms with Crippen LogP contribution >= 0.6 is 0 Å². The standard InChI is InChI=1S/C14H21NO4/c1-18-10-7-8-11(13(9-10)19-2)12(15)5-3-4-6-14(16)17/h7-9,12H,3-6,15H2,1-2H3,(H,16,17). The molecule has 0 spiro atoms. The molecule has 0 fully saturated rings. The molecule has 1 atom stereocenters. The van der Waals surface area contributed by atoms with E-state index in [4.69, 9.17) is 20.3 Å². The van der Waals surface area contributed by atoms with Gasteiger partial charge in [0.1, 0.15) is 11.5 Å². The van der Waals surface area contributed by atoms with Gasteiger partial charge in [-0.15, -0.1) is 0 Å². The van der Waals surface area contributed by atoms with E-state index in [1.807, 2.05) is 12.1 Å². The van der Waals surface area contributed by atoms with Gasteiger partial charge in [-0.05, 0) is 18.9 Å². The Morgan fingerprint density at radius 1 is 1.32 bits per heavy atom. The first-order valence-corrected chi connectivity index (χ1v) is 6.27. The summed E-state index contributed by atoms with van der Waals surface area (Å²) in [7, 11) is 3.19. The van der Waals surface area contributed by atoms with Crippen LogP contribution in [-0.2, 0) is 4.79 Å². The number of benzene rings is 1. The molecule has 1 aromatic rings. The first-order valence-electron chi connectivity index (χ1n) is 6.27. The number of methoxy groups -OCH3 is 2. The largest absolute Gasteiger partial charge is 0.497 e. The number of carboxylic acids is 1. The molecule has 0 saturated carbocycles. The van der Waals surface area contributed by atoms with Crippen molar-refractivity contribution in [3.63, 3.8) is 0 Å². The summed E-state index contributed by atoms with van der Waals surface area (Å²) in [6.07, 6.45) is 2.34. The Kier molecular flexibility index (Phi) is 6.15. The van der Waals surface area contributed by atoms with E-state index in [1.165, 1.54) is 0 Å². The molecule has 0 amide bonds. The van der Waals surface area contributed by atoms with E-state index in [9.17, 15) is 4.79 Å². The Bertz CT molecular complexity index is 420. The fraction of sp³-hybridized carbons (Fsp3) is 0.500. The first kappa shape index (κ1) is 15.3. The van der Waals surface area contributed by atoms with E-state index in [-0.39, 0.29) is 12.5 Å². The highest BCUT2D eigenvalue weighted by molar-refractivity contribution is 5.66. The highest BCUT2D eigenvalue weighted by Crippen LogP contribution is 2.30. The van der Waals surface area contributed by atoms with Gasteiger partial charge in [0.2, 0.25) is 0 Å². The van der Waals surface area contributed by atoms with E-state index >= 15 is 0 Å². The van der Waals surface area contributed by atoms with Crippen LogP contribution < -0.4 is 15.2 Å². The van der Waals surface area contributed by atoms with E-state index < -0.39 is 5.97 Å². The van der Waals surface area contributed by atoms with E-state index in [1.54, 1.807) is 20.3 Å². The van der Waals surface area contributed by atoms with Crippen LogP contribution in [0.5, 0.6) is 11.5 Å². The average Bonchev–Trinajstić information content (AvgIpc) is 2.42. The normalized spacial score (nSPS) is 11.9. The first-order chi connectivity index (χ1) is 9.08. The smallest absolute Gasteiger partial charge is 0.303 e. The van der Waals surface area contributed by atoms with Crippen molar-refractivity contribution in [3.8, 4) is 11.5 Å². The molecule has 0 heterocycles. The number of carbonyl (C=O) groups is 1. The lowest BCUT2D eigenvalue weighted by atomic mass is 10.00. The molecule has 0 aliphatic heterocycles. The molecule has 0 aliphatic carbocycles. The van der Waals surface area contributed by atoms with Crippen LogP contribution in [0.2, 0.25) is 0 Å². The Hall–Kier alpha value is -1.75. The third kappa shape index (κ3) is 4.79. The van der Waals surface area contributed by atoms with Gasteiger partial charge in [0.25, 0.3) is 0 Å². The van der Waals surface area contributed by atoms with Gasteiger partial charge < -0.3 is 20.3 Å². The summed E-state index contributed by atoms with van der Waals surface area (Å²) in [5, 5.41) is 8.57. The van der Waals surface area contributed by atoms with Gasteiger partial charge in [-0.2, -0.15) is 0 Å². The number of hydrogen-bond acceptors (Lipinski definition) is 4. The van der Waals surface area contributed by atoms with Gasteiger partial charge in [-0.3, -0.25) is 4.79 Å². The molecular weight excluding hydrogens is 246 g/mol. The molecule has 0 aromatic heterocycles. The van der Waals surface area contributed by atoms with Crippen molar-refractivity contribution < 1.29 is 19.4 Å². The molecule has 1 unspecified atom stereocenters. The number of nitrogens with two attached hydrogens (primary N) is 1. The van der Waals surface area contributed by atoms with E-state index in [0.717, 1.165) is 24.2 Å². The third-order valence-corrected chi connectivity index (χ3v) is 3.00. The molecule has 106 valence electrons. The lowest BCUT2D eigenvalue weighted by Gasteiger charge is -2.16. The van der Waals surface area contributed by atoms with Crippen molar-refractivity contribution in [2.75, 3.05) is 14.2 Å². The minimum Gasteiger partial charge on any atom is -0.497 e. The number of unbranched alkanes of at least 4 members (excludes halogenated alkanes) is 1. The zero-order valence-electron chi connectivity index (χ0n) is 11.4. The zero-order valence-corrected chi connectivity index (χ0v) is 11.4. The molecule has 5 heteroatoms. The molecule has 0 radical (unpaired) electrons. The van der Waals surface area contributed by atoms with Gasteiger partial charge in [-0.25, -0.2) is 0 Å². The van der Waals surface area contributed by atoms with Gasteiger partial charge in [0, 0.05) is 24.1 Å². The van der Waals surface area contributed by atoms with Crippen molar-refractivity contribution in [2.24, 2.45) is 5.73 Å². The zero-order chi connectivity index (χ0) is 14.3. The number of rotatable bonds is 8. The SMILES string of the molecule is COc1ccc(C(N)CCCCC(=O)O)c(OC)c1. The summed E-state index contributed by atoms with van der Waals surface area (Å²) < 4.78 is 10.4. The fourth-order valence-electron chi connectivity index (χ4n) is 1.92. The maximum Gasteiger partial charge on any atom is 0.303 e. The van der Waals surface area contributed by atoms with Crippen LogP contribution in [0.25, 0.3) is 0 Å². The summed E-state index contributed by atoms with van der Waals surface area (Å²) in [6, 6.07) is 5.37. The Balaban J connectivity index is 2.60. The summed E-state index contributed by atoms with van der Waals surface area (Å²) in [4.78, 5) is 10.4. The molecule has 0 aliphatic rings. The molecule has 1 rings (SSSR count). The topological polar surface area (TPSA) is 81.8 Å². The highest BCUT2D eigenvalue weighted by atomic mass is 16.5. The highest BCUT2D eigenvalue weighted by Gasteiger charge is 2.13. The number of hydrogen-bond donors (Lipinski definition) is 2. The third-order valence-electron chi connectivity index (χ3n) is 3.00. The van der Waals surface area contributed by atoms with Gasteiger partial charge in [0.15, 0.2) is 0 Å². The second kappa shape index (κ2) is 7.63. The van der Waals surface area contributed by atoms with Crippen LogP contribution in [-0.4, -0.2) is 25.3 Å². The number of ether oxygens (including phenoxy) is 2. The van der Waals surface area contributed by atoms with Gasteiger partial charge in [-0.1, -0.05) is 12.5 Å². The summed E-state index contributed by atoms with van der Waals surface area (Å²) in [6.45, 7) is 0. The van der Waals surface area contributed by atoms with E-state index in [2.05, 4.69) is 0 Å². The lowest BCUT2D eigenvalue weighted by Crippen LogP contribution is -2.12. The van der Waals surface area contributed by atoms with Gasteiger partial charge in [0.05, 0.1) is 14.2 Å². The van der Waals surface area contributed by atoms with Crippen molar-refractivity contribution in [2.45, 2.75) is 31.7 Å². The molecule has 1 aromatic carbocycles. The lowest BCUT2D eigenvalue weighted by molar-refractivity contribution is -0.137. The fourth-order valence-corrected chi connectivity index (χ4v) is 1.92. The summed E-state index contributed by atoms with van der Waals surface area (Å²) >= 11 is 0. The van der Waals surface area contributed by atoms with Crippen LogP contribution in [0, 0.1) is 0 Å². The minimum absolute atomic E-state index is 0.158. The van der Waals surface area contributed by atoms with Gasteiger partial charge >= 0.3 is 5.97 Å². The van der Waals surface area contributed by atoms with Crippen molar-refractivity contribution >= 4 is 5.97 Å². The Labute approximate surface area is 113 Å². The van der Waals surface area contributed by atoms with Crippen LogP contribution in [0.15, 0.2) is 18.2 Å². The maximum atomic E-state index is 10.4. The van der Waals surface area contributed by atoms with Crippen LogP contribution in [0.1, 0.15) is 37.3 Å². The minimum atomic E-state index is -0.768. The molecule has 19 heavy (non-hydrogen) atoms. The second-order valence-electron chi connectivity index (χ2n) is 4.35.